The van der Waals surface area contributed by atoms with Gasteiger partial charge in [-0.15, -0.1) is 0 Å². The predicted octanol–water partition coefficient (Wildman–Crippen LogP) is -0.0378. The van der Waals surface area contributed by atoms with Gasteiger partial charge >= 0.3 is 0 Å². The van der Waals surface area contributed by atoms with E-state index in [1.54, 1.807) is 14.2 Å². The molecule has 0 amide bonds. The van der Waals surface area contributed by atoms with E-state index in [-0.39, 0.29) is 0 Å². The zero-order valence-electron chi connectivity index (χ0n) is 7.05. The van der Waals surface area contributed by atoms with Crippen molar-refractivity contribution >= 4 is 13.3 Å². The van der Waals surface area contributed by atoms with E-state index in [0.717, 1.165) is 17.0 Å². The molecule has 0 bridgehead atoms. The summed E-state index contributed by atoms with van der Waals surface area (Å²) in [7, 11) is 5.30. The standard InChI is InChI=1S/C8H11BO2/c1-10-6-3-4-7(9)8(5-6)11-2/h3-5H,9H2,1-2H3. The van der Waals surface area contributed by atoms with Crippen LogP contribution in [0.1, 0.15) is 0 Å². The second-order valence-electron chi connectivity index (χ2n) is 2.34. The lowest BCUT2D eigenvalue weighted by atomic mass is 9.95. The van der Waals surface area contributed by atoms with Gasteiger partial charge in [0.15, 0.2) is 0 Å². The average Bonchev–Trinajstić information content (AvgIpc) is 2.05. The molecule has 1 rings (SSSR count). The van der Waals surface area contributed by atoms with Crippen LogP contribution in [0.5, 0.6) is 11.5 Å². The Morgan fingerprint density at radius 3 is 2.45 bits per heavy atom. The highest BCUT2D eigenvalue weighted by atomic mass is 16.5. The molecule has 0 atom stereocenters. The van der Waals surface area contributed by atoms with Gasteiger partial charge in [0.25, 0.3) is 0 Å². The summed E-state index contributed by atoms with van der Waals surface area (Å²) in [6.07, 6.45) is 0. The van der Waals surface area contributed by atoms with Gasteiger partial charge in [-0.05, 0) is 11.5 Å². The first kappa shape index (κ1) is 7.99. The van der Waals surface area contributed by atoms with Gasteiger partial charge in [0.05, 0.1) is 14.2 Å². The maximum absolute atomic E-state index is 5.11. The monoisotopic (exact) mass is 150 g/mol. The maximum atomic E-state index is 5.11. The fourth-order valence-corrected chi connectivity index (χ4v) is 0.927. The molecule has 0 aliphatic rings. The van der Waals surface area contributed by atoms with Gasteiger partial charge in [-0.1, -0.05) is 6.07 Å². The Hall–Kier alpha value is -1.12. The van der Waals surface area contributed by atoms with E-state index in [1.807, 2.05) is 26.0 Å². The molecule has 0 aromatic heterocycles. The molecule has 0 aliphatic heterocycles. The molecule has 0 saturated heterocycles. The highest BCUT2D eigenvalue weighted by Crippen LogP contribution is 2.15. The van der Waals surface area contributed by atoms with Gasteiger partial charge in [0, 0.05) is 6.07 Å². The van der Waals surface area contributed by atoms with Crippen LogP contribution in [-0.2, 0) is 0 Å². The van der Waals surface area contributed by atoms with E-state index >= 15 is 0 Å². The van der Waals surface area contributed by atoms with Gasteiger partial charge in [-0.3, -0.25) is 0 Å². The second-order valence-corrected chi connectivity index (χ2v) is 2.34. The summed E-state index contributed by atoms with van der Waals surface area (Å²) in [5.41, 5.74) is 1.12. The molecule has 0 saturated carbocycles. The number of methoxy groups -OCH3 is 2. The van der Waals surface area contributed by atoms with Gasteiger partial charge in [0.1, 0.15) is 19.3 Å². The largest absolute Gasteiger partial charge is 0.497 e. The fourth-order valence-electron chi connectivity index (χ4n) is 0.927. The van der Waals surface area contributed by atoms with Crippen LogP contribution in [0.25, 0.3) is 0 Å². The summed E-state index contributed by atoms with van der Waals surface area (Å²) in [5.74, 6) is 1.69. The minimum Gasteiger partial charge on any atom is -0.497 e. The molecule has 0 unspecified atom stereocenters. The van der Waals surface area contributed by atoms with Crippen molar-refractivity contribution in [3.8, 4) is 11.5 Å². The zero-order chi connectivity index (χ0) is 8.27. The highest BCUT2D eigenvalue weighted by molar-refractivity contribution is 6.34. The minimum absolute atomic E-state index is 0.826. The Bertz CT molecular complexity index is 248. The average molecular weight is 150 g/mol. The lowest BCUT2D eigenvalue weighted by Crippen LogP contribution is -2.06. The quantitative estimate of drug-likeness (QED) is 0.550. The number of hydrogen-bond donors (Lipinski definition) is 0. The van der Waals surface area contributed by atoms with Crippen molar-refractivity contribution < 1.29 is 9.47 Å². The normalized spacial score (nSPS) is 9.27. The van der Waals surface area contributed by atoms with Crippen molar-refractivity contribution in [2.75, 3.05) is 14.2 Å². The summed E-state index contributed by atoms with van der Waals surface area (Å²) in [4.78, 5) is 0. The van der Waals surface area contributed by atoms with Crippen molar-refractivity contribution in [2.24, 2.45) is 0 Å². The summed E-state index contributed by atoms with van der Waals surface area (Å²) < 4.78 is 10.1. The molecule has 0 radical (unpaired) electrons. The van der Waals surface area contributed by atoms with Crippen LogP contribution in [0.3, 0.4) is 0 Å². The number of hydrogen-bond acceptors (Lipinski definition) is 2. The molecular weight excluding hydrogens is 139 g/mol. The van der Waals surface area contributed by atoms with Crippen LogP contribution < -0.4 is 14.9 Å². The van der Waals surface area contributed by atoms with E-state index in [4.69, 9.17) is 9.47 Å². The van der Waals surface area contributed by atoms with E-state index < -0.39 is 0 Å². The van der Waals surface area contributed by atoms with Gasteiger partial charge in [0.2, 0.25) is 0 Å². The van der Waals surface area contributed by atoms with Crippen LogP contribution in [0.4, 0.5) is 0 Å². The van der Waals surface area contributed by atoms with E-state index in [2.05, 4.69) is 0 Å². The van der Waals surface area contributed by atoms with E-state index in [1.165, 1.54) is 0 Å². The van der Waals surface area contributed by atoms with Crippen LogP contribution >= 0.6 is 0 Å². The molecule has 0 spiro atoms. The van der Waals surface area contributed by atoms with Crippen LogP contribution in [0, 0.1) is 0 Å². The summed E-state index contributed by atoms with van der Waals surface area (Å²) in [6.45, 7) is 0. The molecule has 2 nitrogen and oxygen atoms in total. The van der Waals surface area contributed by atoms with Crippen LogP contribution in [0.15, 0.2) is 18.2 Å². The summed E-state index contributed by atoms with van der Waals surface area (Å²) in [5, 5.41) is 0. The molecule has 11 heavy (non-hydrogen) atoms. The lowest BCUT2D eigenvalue weighted by molar-refractivity contribution is 0.396. The van der Waals surface area contributed by atoms with Gasteiger partial charge < -0.3 is 9.47 Å². The fraction of sp³-hybridized carbons (Fsp3) is 0.250. The molecule has 0 N–H and O–H groups in total. The molecule has 58 valence electrons. The molecule has 0 aliphatic carbocycles. The molecule has 0 fully saturated rings. The topological polar surface area (TPSA) is 18.5 Å². The smallest absolute Gasteiger partial charge is 0.144 e. The van der Waals surface area contributed by atoms with Crippen molar-refractivity contribution in [2.45, 2.75) is 0 Å². The third kappa shape index (κ3) is 1.67. The van der Waals surface area contributed by atoms with E-state index in [0.29, 0.717) is 0 Å². The lowest BCUT2D eigenvalue weighted by Gasteiger charge is -2.06. The molecule has 3 heteroatoms. The predicted molar refractivity (Wildman–Crippen MR) is 47.7 cm³/mol. The van der Waals surface area contributed by atoms with E-state index in [9.17, 15) is 0 Å². The Morgan fingerprint density at radius 1 is 1.18 bits per heavy atom. The van der Waals surface area contributed by atoms with Crippen molar-refractivity contribution in [3.05, 3.63) is 18.2 Å². The van der Waals surface area contributed by atoms with Gasteiger partial charge in [-0.25, -0.2) is 0 Å². The highest BCUT2D eigenvalue weighted by Gasteiger charge is 1.98. The Kier molecular flexibility index (Phi) is 2.42. The molecule has 1 aromatic carbocycles. The van der Waals surface area contributed by atoms with Crippen LogP contribution in [-0.4, -0.2) is 22.1 Å². The SMILES string of the molecule is Bc1ccc(OC)cc1OC. The summed E-state index contributed by atoms with van der Waals surface area (Å²) >= 11 is 0. The van der Waals surface area contributed by atoms with Crippen molar-refractivity contribution in [1.82, 2.24) is 0 Å². The third-order valence-electron chi connectivity index (χ3n) is 1.62. The molecule has 0 heterocycles. The first-order valence-electron chi connectivity index (χ1n) is 3.46. The first-order chi connectivity index (χ1) is 5.27. The van der Waals surface area contributed by atoms with Crippen LogP contribution in [0.2, 0.25) is 0 Å². The van der Waals surface area contributed by atoms with Gasteiger partial charge in [-0.2, -0.15) is 0 Å². The third-order valence-corrected chi connectivity index (χ3v) is 1.62. The first-order valence-corrected chi connectivity index (χ1v) is 3.46. The zero-order valence-corrected chi connectivity index (χ0v) is 7.05. The number of ether oxygens (including phenoxy) is 2. The maximum Gasteiger partial charge on any atom is 0.144 e. The van der Waals surface area contributed by atoms with Crippen molar-refractivity contribution in [3.63, 3.8) is 0 Å². The Labute approximate surface area is 67.5 Å². The Morgan fingerprint density at radius 2 is 1.91 bits per heavy atom. The second kappa shape index (κ2) is 3.33. The molecular formula is C8H11BO2. The Balaban J connectivity index is 3.02. The minimum atomic E-state index is 0.826. The summed E-state index contributed by atoms with van der Waals surface area (Å²) in [6, 6.07) is 5.75. The van der Waals surface area contributed by atoms with Crippen molar-refractivity contribution in [1.29, 1.82) is 0 Å². The number of benzene rings is 1. The molecule has 1 aromatic rings. The number of rotatable bonds is 2.